The van der Waals surface area contributed by atoms with Crippen molar-refractivity contribution in [2.75, 3.05) is 32.8 Å². The second-order valence-electron chi connectivity index (χ2n) is 7.36. The SMILES string of the molecule is C#CCN(Cc1ccc(C)cc1)C(=O)NCc1ccccc1CN1CCOCC1. The summed E-state index contributed by atoms with van der Waals surface area (Å²) in [4.78, 5) is 16.8. The van der Waals surface area contributed by atoms with E-state index < -0.39 is 0 Å². The number of amides is 2. The molecule has 1 aliphatic rings. The molecule has 2 aromatic carbocycles. The van der Waals surface area contributed by atoms with Crippen molar-refractivity contribution in [1.82, 2.24) is 15.1 Å². The van der Waals surface area contributed by atoms with Gasteiger partial charge in [-0.25, -0.2) is 4.79 Å². The Bertz CT molecular complexity index is 836. The lowest BCUT2D eigenvalue weighted by Gasteiger charge is -2.27. The Morgan fingerprint density at radius 1 is 1.14 bits per heavy atom. The van der Waals surface area contributed by atoms with Gasteiger partial charge in [0.2, 0.25) is 0 Å². The number of hydrogen-bond acceptors (Lipinski definition) is 3. The lowest BCUT2D eigenvalue weighted by atomic mass is 10.1. The first-order valence-corrected chi connectivity index (χ1v) is 10.0. The standard InChI is InChI=1S/C24H29N3O2/c1-3-12-27(18-21-10-8-20(2)9-11-21)24(28)25-17-22-6-4-5-7-23(22)19-26-13-15-29-16-14-26/h1,4-11H,12-19H2,2H3,(H,25,28). The topological polar surface area (TPSA) is 44.8 Å². The van der Waals surface area contributed by atoms with Crippen molar-refractivity contribution in [2.24, 2.45) is 0 Å². The van der Waals surface area contributed by atoms with Gasteiger partial charge < -0.3 is 15.0 Å². The van der Waals surface area contributed by atoms with Crippen molar-refractivity contribution in [3.8, 4) is 12.3 Å². The molecule has 0 bridgehead atoms. The highest BCUT2D eigenvalue weighted by Gasteiger charge is 2.15. The summed E-state index contributed by atoms with van der Waals surface area (Å²) in [6.07, 6.45) is 5.49. The summed E-state index contributed by atoms with van der Waals surface area (Å²) in [6.45, 7) is 7.59. The average Bonchev–Trinajstić information content (AvgIpc) is 2.75. The number of rotatable bonds is 7. The fraction of sp³-hybridized carbons (Fsp3) is 0.375. The predicted octanol–water partition coefficient (Wildman–Crippen LogP) is 3.17. The Kier molecular flexibility index (Phi) is 7.69. The molecule has 1 aliphatic heterocycles. The number of urea groups is 1. The molecule has 1 saturated heterocycles. The third-order valence-corrected chi connectivity index (χ3v) is 5.11. The quantitative estimate of drug-likeness (QED) is 0.738. The maximum absolute atomic E-state index is 12.8. The number of ether oxygens (including phenoxy) is 1. The van der Waals surface area contributed by atoms with E-state index in [1.807, 2.05) is 43.3 Å². The molecule has 2 amide bonds. The molecule has 1 N–H and O–H groups in total. The monoisotopic (exact) mass is 391 g/mol. The minimum Gasteiger partial charge on any atom is -0.379 e. The summed E-state index contributed by atoms with van der Waals surface area (Å²) in [5.74, 6) is 2.59. The molecule has 1 fully saturated rings. The van der Waals surface area contributed by atoms with Crippen LogP contribution in [0.25, 0.3) is 0 Å². The normalized spacial score (nSPS) is 14.2. The van der Waals surface area contributed by atoms with E-state index in [4.69, 9.17) is 11.2 Å². The second kappa shape index (κ2) is 10.7. The van der Waals surface area contributed by atoms with Gasteiger partial charge in [0, 0.05) is 32.7 Å². The van der Waals surface area contributed by atoms with Gasteiger partial charge in [-0.3, -0.25) is 4.90 Å². The van der Waals surface area contributed by atoms with Gasteiger partial charge in [0.1, 0.15) is 0 Å². The zero-order valence-corrected chi connectivity index (χ0v) is 17.1. The van der Waals surface area contributed by atoms with Crippen molar-refractivity contribution in [2.45, 2.75) is 26.6 Å². The lowest BCUT2D eigenvalue weighted by Crippen LogP contribution is -2.40. The van der Waals surface area contributed by atoms with E-state index in [0.717, 1.165) is 44.0 Å². The van der Waals surface area contributed by atoms with E-state index in [1.54, 1.807) is 4.90 Å². The van der Waals surface area contributed by atoms with E-state index in [0.29, 0.717) is 13.1 Å². The number of benzene rings is 2. The molecule has 0 spiro atoms. The Morgan fingerprint density at radius 2 is 1.83 bits per heavy atom. The van der Waals surface area contributed by atoms with Gasteiger partial charge in [-0.2, -0.15) is 0 Å². The van der Waals surface area contributed by atoms with Crippen molar-refractivity contribution in [3.05, 3.63) is 70.8 Å². The second-order valence-corrected chi connectivity index (χ2v) is 7.36. The van der Waals surface area contributed by atoms with Crippen LogP contribution in [-0.2, 0) is 24.4 Å². The van der Waals surface area contributed by atoms with Crippen LogP contribution < -0.4 is 5.32 Å². The molecule has 29 heavy (non-hydrogen) atoms. The average molecular weight is 392 g/mol. The summed E-state index contributed by atoms with van der Waals surface area (Å²) in [7, 11) is 0. The summed E-state index contributed by atoms with van der Waals surface area (Å²) >= 11 is 0. The van der Waals surface area contributed by atoms with Crippen molar-refractivity contribution in [3.63, 3.8) is 0 Å². The highest BCUT2D eigenvalue weighted by atomic mass is 16.5. The van der Waals surface area contributed by atoms with Gasteiger partial charge in [-0.1, -0.05) is 60.0 Å². The Labute approximate surface area is 173 Å². The highest BCUT2D eigenvalue weighted by molar-refractivity contribution is 5.74. The van der Waals surface area contributed by atoms with Crippen molar-refractivity contribution in [1.29, 1.82) is 0 Å². The molecule has 1 heterocycles. The van der Waals surface area contributed by atoms with Crippen LogP contribution in [0.15, 0.2) is 48.5 Å². The van der Waals surface area contributed by atoms with Gasteiger partial charge in [-0.05, 0) is 23.6 Å². The third-order valence-electron chi connectivity index (χ3n) is 5.11. The number of terminal acetylenes is 1. The molecule has 0 unspecified atom stereocenters. The van der Waals surface area contributed by atoms with Crippen LogP contribution in [0.2, 0.25) is 0 Å². The minimum absolute atomic E-state index is 0.148. The maximum Gasteiger partial charge on any atom is 0.318 e. The zero-order valence-electron chi connectivity index (χ0n) is 17.1. The van der Waals surface area contributed by atoms with Crippen molar-refractivity contribution >= 4 is 6.03 Å². The van der Waals surface area contributed by atoms with E-state index in [1.165, 1.54) is 11.1 Å². The maximum atomic E-state index is 12.8. The number of aryl methyl sites for hydroxylation is 1. The number of nitrogens with one attached hydrogen (secondary N) is 1. The van der Waals surface area contributed by atoms with E-state index >= 15 is 0 Å². The van der Waals surface area contributed by atoms with Crippen molar-refractivity contribution < 1.29 is 9.53 Å². The Balaban J connectivity index is 1.60. The van der Waals surface area contributed by atoms with Crippen LogP contribution in [0.3, 0.4) is 0 Å². The van der Waals surface area contributed by atoms with E-state index in [-0.39, 0.29) is 12.6 Å². The van der Waals surface area contributed by atoms with Gasteiger partial charge in [0.25, 0.3) is 0 Å². The minimum atomic E-state index is -0.148. The van der Waals surface area contributed by atoms with Gasteiger partial charge in [0.05, 0.1) is 19.8 Å². The van der Waals surface area contributed by atoms with Gasteiger partial charge in [-0.15, -0.1) is 6.42 Å². The fourth-order valence-corrected chi connectivity index (χ4v) is 3.39. The van der Waals surface area contributed by atoms with E-state index in [2.05, 4.69) is 28.3 Å². The number of hydrogen-bond donors (Lipinski definition) is 1. The van der Waals surface area contributed by atoms with Gasteiger partial charge in [0.15, 0.2) is 0 Å². The Morgan fingerprint density at radius 3 is 2.52 bits per heavy atom. The smallest absolute Gasteiger partial charge is 0.318 e. The summed E-state index contributed by atoms with van der Waals surface area (Å²) in [6, 6.07) is 16.3. The molecule has 0 atom stereocenters. The van der Waals surface area contributed by atoms with E-state index in [9.17, 15) is 4.79 Å². The number of carbonyl (C=O) groups excluding carboxylic acids is 1. The predicted molar refractivity (Wildman–Crippen MR) is 115 cm³/mol. The molecular formula is C24H29N3O2. The molecule has 2 aromatic rings. The molecule has 0 radical (unpaired) electrons. The van der Waals surface area contributed by atoms with Gasteiger partial charge >= 0.3 is 6.03 Å². The molecule has 5 heteroatoms. The molecule has 0 saturated carbocycles. The summed E-state index contributed by atoms with van der Waals surface area (Å²) in [5, 5.41) is 3.04. The molecular weight excluding hydrogens is 362 g/mol. The highest BCUT2D eigenvalue weighted by Crippen LogP contribution is 2.13. The number of nitrogens with zero attached hydrogens (tertiary/aromatic N) is 2. The number of carbonyl (C=O) groups is 1. The van der Waals surface area contributed by atoms with Crippen LogP contribution in [-0.4, -0.2) is 48.7 Å². The third kappa shape index (κ3) is 6.35. The molecule has 3 rings (SSSR count). The van der Waals surface area contributed by atoms with Crippen LogP contribution in [0.5, 0.6) is 0 Å². The first-order valence-electron chi connectivity index (χ1n) is 10.0. The van der Waals surface area contributed by atoms with Crippen LogP contribution in [0, 0.1) is 19.3 Å². The molecule has 5 nitrogen and oxygen atoms in total. The largest absolute Gasteiger partial charge is 0.379 e. The summed E-state index contributed by atoms with van der Waals surface area (Å²) in [5.41, 5.74) is 4.62. The number of morpholine rings is 1. The lowest BCUT2D eigenvalue weighted by molar-refractivity contribution is 0.0341. The van der Waals surface area contributed by atoms with Crippen LogP contribution in [0.1, 0.15) is 22.3 Å². The Hall–Kier alpha value is -2.81. The van der Waals surface area contributed by atoms with Crippen LogP contribution >= 0.6 is 0 Å². The fourth-order valence-electron chi connectivity index (χ4n) is 3.39. The zero-order chi connectivity index (χ0) is 20.5. The molecule has 0 aliphatic carbocycles. The summed E-state index contributed by atoms with van der Waals surface area (Å²) < 4.78 is 5.43. The first kappa shape index (κ1) is 20.9. The molecule has 152 valence electrons. The van der Waals surface area contributed by atoms with Crippen LogP contribution in [0.4, 0.5) is 4.79 Å². The molecule has 0 aromatic heterocycles. The first-order chi connectivity index (χ1) is 14.2.